The Morgan fingerprint density at radius 1 is 1.00 bits per heavy atom. The third kappa shape index (κ3) is 7.71. The van der Waals surface area contributed by atoms with E-state index >= 15 is 0 Å². The van der Waals surface area contributed by atoms with Crippen molar-refractivity contribution in [3.05, 3.63) is 53.6 Å². The van der Waals surface area contributed by atoms with Gasteiger partial charge in [0.15, 0.2) is 11.5 Å². The highest BCUT2D eigenvalue weighted by molar-refractivity contribution is 5.79. The van der Waals surface area contributed by atoms with E-state index in [1.54, 1.807) is 7.11 Å². The Kier molecular flexibility index (Phi) is 10.1. The maximum absolute atomic E-state index is 13.8. The molecule has 0 radical (unpaired) electrons. The number of carbonyl (C=O) groups excluding carboxylic acids is 2. The molecule has 1 fully saturated rings. The number of hydrogen-bond acceptors (Lipinski definition) is 7. The number of fused-ring (bicyclic) bond motifs is 1. The first-order valence-corrected chi connectivity index (χ1v) is 14.7. The average molecular weight is 568 g/mol. The molecule has 1 amide bonds. The topological polar surface area (TPSA) is 91.4 Å². The standard InChI is InChI=1S/C32H45N3O6/c1-6-7-16-33(17-8-9-18-35(2,3)4)29(36)21-34-20-26(24-12-15-27-28(19-24)41-22-40-27)30(32(37)38)31(34)23-10-13-25(39-5)14-11-23/h10-15,19,26,30-31H,6-9,16-18,20-22H2,1-5H3/t26-,30-,31+/m0/s1. The Bertz CT molecular complexity index is 1180. The number of hydrogen-bond donors (Lipinski definition) is 0. The molecule has 0 N–H and O–H groups in total. The number of quaternary nitrogens is 1. The summed E-state index contributed by atoms with van der Waals surface area (Å²) in [7, 11) is 8.13. The molecule has 1 saturated heterocycles. The SMILES string of the molecule is CCCCN(CCCC[N+](C)(C)C)C(=O)CN1C[C@@H](c2ccc3c(c2)OCO3)[C@H](C(=O)[O-])[C@H]1c1ccc(OC)cc1. The van der Waals surface area contributed by atoms with Gasteiger partial charge in [0.05, 0.1) is 41.3 Å². The molecule has 9 nitrogen and oxygen atoms in total. The van der Waals surface area contributed by atoms with Crippen LogP contribution in [0.15, 0.2) is 42.5 Å². The Labute approximate surface area is 244 Å². The van der Waals surface area contributed by atoms with Crippen LogP contribution in [0.2, 0.25) is 0 Å². The Balaban J connectivity index is 1.60. The van der Waals surface area contributed by atoms with Crippen LogP contribution in [-0.4, -0.2) is 93.9 Å². The molecular formula is C32H45N3O6. The molecule has 2 aromatic carbocycles. The molecule has 2 aliphatic rings. The van der Waals surface area contributed by atoms with Gasteiger partial charge >= 0.3 is 0 Å². The van der Waals surface area contributed by atoms with E-state index in [4.69, 9.17) is 14.2 Å². The molecule has 0 spiro atoms. The van der Waals surface area contributed by atoms with Crippen LogP contribution in [0.3, 0.4) is 0 Å². The minimum absolute atomic E-state index is 0.0330. The highest BCUT2D eigenvalue weighted by atomic mass is 16.7. The Morgan fingerprint density at radius 3 is 2.34 bits per heavy atom. The second kappa shape index (κ2) is 13.6. The van der Waals surface area contributed by atoms with Crippen LogP contribution >= 0.6 is 0 Å². The lowest BCUT2D eigenvalue weighted by atomic mass is 9.82. The number of methoxy groups -OCH3 is 1. The van der Waals surface area contributed by atoms with Crippen molar-refractivity contribution in [2.75, 3.05) is 67.8 Å². The fourth-order valence-corrected chi connectivity index (χ4v) is 5.93. The minimum atomic E-state index is -1.13. The number of aliphatic carboxylic acids is 1. The molecule has 9 heteroatoms. The fourth-order valence-electron chi connectivity index (χ4n) is 5.93. The van der Waals surface area contributed by atoms with Crippen LogP contribution in [0.5, 0.6) is 17.2 Å². The predicted octanol–water partition coefficient (Wildman–Crippen LogP) is 3.05. The van der Waals surface area contributed by atoms with E-state index in [9.17, 15) is 14.7 Å². The van der Waals surface area contributed by atoms with Gasteiger partial charge in [0.25, 0.3) is 0 Å². The monoisotopic (exact) mass is 567 g/mol. The van der Waals surface area contributed by atoms with Gasteiger partial charge in [-0.15, -0.1) is 0 Å². The van der Waals surface area contributed by atoms with Gasteiger partial charge in [0.2, 0.25) is 12.7 Å². The molecule has 41 heavy (non-hydrogen) atoms. The quantitative estimate of drug-likeness (QED) is 0.256. The second-order valence-corrected chi connectivity index (χ2v) is 12.2. The molecule has 2 aromatic rings. The number of rotatable bonds is 14. The first-order valence-electron chi connectivity index (χ1n) is 14.7. The van der Waals surface area contributed by atoms with Crippen LogP contribution < -0.4 is 19.3 Å². The maximum atomic E-state index is 13.8. The lowest BCUT2D eigenvalue weighted by Crippen LogP contribution is -2.43. The number of carboxylic acids is 1. The number of nitrogens with zero attached hydrogens (tertiary/aromatic N) is 3. The zero-order valence-corrected chi connectivity index (χ0v) is 25.1. The molecule has 4 rings (SSSR count). The lowest BCUT2D eigenvalue weighted by molar-refractivity contribution is -0.870. The van der Waals surface area contributed by atoms with E-state index in [-0.39, 0.29) is 25.2 Å². The summed E-state index contributed by atoms with van der Waals surface area (Å²) in [6.45, 7) is 5.27. The lowest BCUT2D eigenvalue weighted by Gasteiger charge is -2.32. The summed E-state index contributed by atoms with van der Waals surface area (Å²) in [6.07, 6.45) is 3.91. The maximum Gasteiger partial charge on any atom is 0.236 e. The molecule has 0 aromatic heterocycles. The molecule has 0 bridgehead atoms. The van der Waals surface area contributed by atoms with E-state index in [0.29, 0.717) is 36.9 Å². The minimum Gasteiger partial charge on any atom is -0.550 e. The predicted molar refractivity (Wildman–Crippen MR) is 155 cm³/mol. The average Bonchev–Trinajstić information content (AvgIpc) is 3.56. The zero-order valence-electron chi connectivity index (χ0n) is 25.1. The number of carboxylic acid groups (broad SMARTS) is 1. The number of carbonyl (C=O) groups is 2. The van der Waals surface area contributed by atoms with Crippen LogP contribution in [0.4, 0.5) is 0 Å². The number of unbranched alkanes of at least 4 members (excludes halogenated alkanes) is 2. The van der Waals surface area contributed by atoms with E-state index in [1.165, 1.54) is 0 Å². The van der Waals surface area contributed by atoms with Gasteiger partial charge in [-0.25, -0.2) is 0 Å². The van der Waals surface area contributed by atoms with E-state index < -0.39 is 17.9 Å². The van der Waals surface area contributed by atoms with E-state index in [1.807, 2.05) is 52.3 Å². The van der Waals surface area contributed by atoms with Crippen LogP contribution in [0, 0.1) is 5.92 Å². The first kappa shape index (κ1) is 30.7. The number of likely N-dealkylation sites (tertiary alicyclic amines) is 1. The molecular weight excluding hydrogens is 522 g/mol. The second-order valence-electron chi connectivity index (χ2n) is 12.2. The molecule has 224 valence electrons. The summed E-state index contributed by atoms with van der Waals surface area (Å²) in [5.41, 5.74) is 1.65. The fraction of sp³-hybridized carbons (Fsp3) is 0.562. The first-order chi connectivity index (χ1) is 19.6. The third-order valence-electron chi connectivity index (χ3n) is 8.13. The van der Waals surface area contributed by atoms with Crippen molar-refractivity contribution in [1.82, 2.24) is 9.80 Å². The summed E-state index contributed by atoms with van der Waals surface area (Å²) in [6, 6.07) is 12.5. The van der Waals surface area contributed by atoms with E-state index in [0.717, 1.165) is 47.8 Å². The van der Waals surface area contributed by atoms with Gasteiger partial charge in [0, 0.05) is 43.5 Å². The summed E-state index contributed by atoms with van der Waals surface area (Å²) in [5.74, 6) is -0.404. The van der Waals surface area contributed by atoms with Crippen molar-refractivity contribution in [2.45, 2.75) is 44.6 Å². The number of amides is 1. The highest BCUT2D eigenvalue weighted by Gasteiger charge is 2.45. The number of ether oxygens (including phenoxy) is 3. The van der Waals surface area contributed by atoms with Crippen molar-refractivity contribution in [1.29, 1.82) is 0 Å². The van der Waals surface area contributed by atoms with Crippen molar-refractivity contribution in [3.8, 4) is 17.2 Å². The summed E-state index contributed by atoms with van der Waals surface area (Å²) in [4.78, 5) is 30.6. The summed E-state index contributed by atoms with van der Waals surface area (Å²) < 4.78 is 17.3. The Morgan fingerprint density at radius 2 is 1.68 bits per heavy atom. The zero-order chi connectivity index (χ0) is 29.6. The van der Waals surface area contributed by atoms with Gasteiger partial charge in [0.1, 0.15) is 5.75 Å². The van der Waals surface area contributed by atoms with Gasteiger partial charge in [-0.1, -0.05) is 31.5 Å². The molecule has 3 atom stereocenters. The Hall–Kier alpha value is -3.30. The van der Waals surface area contributed by atoms with Crippen molar-refractivity contribution >= 4 is 11.9 Å². The smallest absolute Gasteiger partial charge is 0.236 e. The largest absolute Gasteiger partial charge is 0.550 e. The molecule has 2 aliphatic heterocycles. The summed E-state index contributed by atoms with van der Waals surface area (Å²) >= 11 is 0. The van der Waals surface area contributed by atoms with E-state index in [2.05, 4.69) is 28.1 Å². The molecule has 0 unspecified atom stereocenters. The third-order valence-corrected chi connectivity index (χ3v) is 8.13. The van der Waals surface area contributed by atoms with Crippen LogP contribution in [0.25, 0.3) is 0 Å². The van der Waals surface area contributed by atoms with Gasteiger partial charge in [-0.05, 0) is 54.7 Å². The summed E-state index contributed by atoms with van der Waals surface area (Å²) in [5, 5.41) is 12.8. The molecule has 0 saturated carbocycles. The van der Waals surface area contributed by atoms with Gasteiger partial charge in [-0.3, -0.25) is 9.69 Å². The van der Waals surface area contributed by atoms with Crippen LogP contribution in [0.1, 0.15) is 55.7 Å². The van der Waals surface area contributed by atoms with Crippen LogP contribution in [-0.2, 0) is 9.59 Å². The number of benzene rings is 2. The molecule has 0 aliphatic carbocycles. The van der Waals surface area contributed by atoms with Crippen molar-refractivity contribution < 1.29 is 33.4 Å². The van der Waals surface area contributed by atoms with Gasteiger partial charge in [-0.2, -0.15) is 0 Å². The normalized spacial score (nSPS) is 20.3. The van der Waals surface area contributed by atoms with Gasteiger partial charge < -0.3 is 33.5 Å². The van der Waals surface area contributed by atoms with Crippen molar-refractivity contribution in [3.63, 3.8) is 0 Å². The molecule has 2 heterocycles. The van der Waals surface area contributed by atoms with Crippen molar-refractivity contribution in [2.24, 2.45) is 5.92 Å². The highest BCUT2D eigenvalue weighted by Crippen LogP contribution is 2.47.